The van der Waals surface area contributed by atoms with Crippen LogP contribution in [0.25, 0.3) is 0 Å². The predicted molar refractivity (Wildman–Crippen MR) is 58.5 cm³/mol. The van der Waals surface area contributed by atoms with E-state index in [0.717, 1.165) is 38.9 Å². The summed E-state index contributed by atoms with van der Waals surface area (Å²) in [5, 5.41) is 4.17. The number of hydrogen-bond acceptors (Lipinski definition) is 3. The van der Waals surface area contributed by atoms with E-state index in [-0.39, 0.29) is 5.54 Å². The van der Waals surface area contributed by atoms with Crippen LogP contribution in [-0.2, 0) is 18.2 Å². The van der Waals surface area contributed by atoms with Gasteiger partial charge in [0.2, 0.25) is 0 Å². The maximum Gasteiger partial charge on any atom is 0.0522 e. The molecule has 0 spiro atoms. The van der Waals surface area contributed by atoms with E-state index < -0.39 is 0 Å². The van der Waals surface area contributed by atoms with Crippen LogP contribution in [0.3, 0.4) is 0 Å². The average Bonchev–Trinajstić information content (AvgIpc) is 2.46. The molecule has 15 heavy (non-hydrogen) atoms. The number of nitrogens with two attached hydrogens (primary N) is 1. The number of hydrogen-bond donors (Lipinski definition) is 1. The van der Waals surface area contributed by atoms with Crippen molar-refractivity contribution in [1.82, 2.24) is 9.78 Å². The lowest BCUT2D eigenvalue weighted by Gasteiger charge is -2.26. The monoisotopic (exact) mass is 209 g/mol. The lowest BCUT2D eigenvalue weighted by molar-refractivity contribution is 0.139. The third kappa shape index (κ3) is 2.79. The zero-order valence-corrected chi connectivity index (χ0v) is 9.28. The van der Waals surface area contributed by atoms with Crippen molar-refractivity contribution in [3.05, 3.63) is 18.0 Å². The first-order chi connectivity index (χ1) is 7.18. The summed E-state index contributed by atoms with van der Waals surface area (Å²) in [5.41, 5.74) is 7.51. The fourth-order valence-corrected chi connectivity index (χ4v) is 2.18. The summed E-state index contributed by atoms with van der Waals surface area (Å²) in [5.74, 6) is 0. The molecule has 0 amide bonds. The Morgan fingerprint density at radius 2 is 2.40 bits per heavy atom. The Labute approximate surface area is 90.4 Å². The molecule has 4 heteroatoms. The number of aromatic nitrogens is 2. The molecule has 84 valence electrons. The van der Waals surface area contributed by atoms with Gasteiger partial charge in [-0.2, -0.15) is 5.10 Å². The highest BCUT2D eigenvalue weighted by molar-refractivity contribution is 5.09. The van der Waals surface area contributed by atoms with Crippen molar-refractivity contribution in [2.24, 2.45) is 12.8 Å². The molecule has 0 aliphatic carbocycles. The number of ether oxygens (including phenoxy) is 1. The maximum absolute atomic E-state index is 6.38. The van der Waals surface area contributed by atoms with Gasteiger partial charge >= 0.3 is 0 Å². The van der Waals surface area contributed by atoms with Crippen LogP contribution in [0, 0.1) is 0 Å². The van der Waals surface area contributed by atoms with Crippen LogP contribution in [0.4, 0.5) is 0 Å². The van der Waals surface area contributed by atoms with Gasteiger partial charge in [-0.3, -0.25) is 4.68 Å². The van der Waals surface area contributed by atoms with Crippen LogP contribution >= 0.6 is 0 Å². The van der Waals surface area contributed by atoms with Gasteiger partial charge in [-0.1, -0.05) is 0 Å². The summed E-state index contributed by atoms with van der Waals surface area (Å²) in [6.07, 6.45) is 7.91. The lowest BCUT2D eigenvalue weighted by atomic mass is 9.86. The molecule has 0 bridgehead atoms. The van der Waals surface area contributed by atoms with E-state index in [1.807, 2.05) is 24.1 Å². The molecule has 1 fully saturated rings. The summed E-state index contributed by atoms with van der Waals surface area (Å²) < 4.78 is 7.26. The summed E-state index contributed by atoms with van der Waals surface area (Å²) >= 11 is 0. The van der Waals surface area contributed by atoms with Crippen LogP contribution in [-0.4, -0.2) is 28.5 Å². The van der Waals surface area contributed by atoms with Crippen LogP contribution in [0.1, 0.15) is 24.8 Å². The first kappa shape index (κ1) is 10.6. The normalized spacial score (nSPS) is 27.6. The van der Waals surface area contributed by atoms with Crippen molar-refractivity contribution in [2.45, 2.75) is 31.2 Å². The second-order valence-corrected chi connectivity index (χ2v) is 4.53. The van der Waals surface area contributed by atoms with Crippen LogP contribution in [0.15, 0.2) is 12.4 Å². The molecule has 2 rings (SSSR count). The van der Waals surface area contributed by atoms with Crippen molar-refractivity contribution in [2.75, 3.05) is 13.2 Å². The zero-order chi connectivity index (χ0) is 10.7. The van der Waals surface area contributed by atoms with E-state index >= 15 is 0 Å². The van der Waals surface area contributed by atoms with Gasteiger partial charge in [-0.15, -0.1) is 0 Å². The minimum Gasteiger partial charge on any atom is -0.381 e. The molecule has 1 aliphatic heterocycles. The summed E-state index contributed by atoms with van der Waals surface area (Å²) in [6, 6.07) is 0. The lowest BCUT2D eigenvalue weighted by Crippen LogP contribution is -2.42. The number of nitrogens with zero attached hydrogens (tertiary/aromatic N) is 2. The van der Waals surface area contributed by atoms with E-state index in [1.54, 1.807) is 0 Å². The van der Waals surface area contributed by atoms with Crippen molar-refractivity contribution in [1.29, 1.82) is 0 Å². The Bertz CT molecular complexity index is 313. The Morgan fingerprint density at radius 3 is 3.13 bits per heavy atom. The summed E-state index contributed by atoms with van der Waals surface area (Å²) in [4.78, 5) is 0. The van der Waals surface area contributed by atoms with Crippen molar-refractivity contribution in [3.8, 4) is 0 Å². The minimum absolute atomic E-state index is 0.0977. The third-order valence-electron chi connectivity index (χ3n) is 3.02. The minimum atomic E-state index is -0.0977. The molecule has 1 aliphatic rings. The molecule has 1 saturated heterocycles. The smallest absolute Gasteiger partial charge is 0.0522 e. The highest BCUT2D eigenvalue weighted by Crippen LogP contribution is 2.22. The Balaban J connectivity index is 2.02. The molecule has 1 unspecified atom stereocenters. The molecule has 0 aromatic carbocycles. The van der Waals surface area contributed by atoms with Crippen LogP contribution in [0.5, 0.6) is 0 Å². The second-order valence-electron chi connectivity index (χ2n) is 4.53. The average molecular weight is 209 g/mol. The van der Waals surface area contributed by atoms with Gasteiger partial charge in [-0.05, 0) is 31.2 Å². The summed E-state index contributed by atoms with van der Waals surface area (Å²) in [7, 11) is 1.93. The van der Waals surface area contributed by atoms with E-state index in [9.17, 15) is 0 Å². The molecule has 1 atom stereocenters. The predicted octanol–water partition coefficient (Wildman–Crippen LogP) is 0.861. The molecular weight excluding hydrogens is 190 g/mol. The quantitative estimate of drug-likeness (QED) is 0.786. The van der Waals surface area contributed by atoms with Crippen molar-refractivity contribution in [3.63, 3.8) is 0 Å². The maximum atomic E-state index is 6.38. The third-order valence-corrected chi connectivity index (χ3v) is 3.02. The van der Waals surface area contributed by atoms with Gasteiger partial charge in [-0.25, -0.2) is 0 Å². The Morgan fingerprint density at radius 1 is 1.53 bits per heavy atom. The summed E-state index contributed by atoms with van der Waals surface area (Å²) in [6.45, 7) is 1.64. The highest BCUT2D eigenvalue weighted by atomic mass is 16.5. The highest BCUT2D eigenvalue weighted by Gasteiger charge is 2.27. The first-order valence-electron chi connectivity index (χ1n) is 5.52. The second kappa shape index (κ2) is 4.33. The van der Waals surface area contributed by atoms with E-state index in [4.69, 9.17) is 10.5 Å². The van der Waals surface area contributed by atoms with Crippen molar-refractivity contribution < 1.29 is 4.74 Å². The van der Waals surface area contributed by atoms with Crippen LogP contribution < -0.4 is 5.73 Å². The van der Waals surface area contributed by atoms with Crippen molar-refractivity contribution >= 4 is 0 Å². The van der Waals surface area contributed by atoms with Gasteiger partial charge in [0, 0.05) is 32.0 Å². The molecule has 4 nitrogen and oxygen atoms in total. The number of rotatable bonds is 2. The zero-order valence-electron chi connectivity index (χ0n) is 9.28. The van der Waals surface area contributed by atoms with Gasteiger partial charge in [0.1, 0.15) is 0 Å². The molecule has 0 saturated carbocycles. The van der Waals surface area contributed by atoms with Crippen LogP contribution in [0.2, 0.25) is 0 Å². The van der Waals surface area contributed by atoms with Gasteiger partial charge in [0.05, 0.1) is 6.20 Å². The largest absolute Gasteiger partial charge is 0.381 e. The molecule has 1 aromatic heterocycles. The molecule has 2 heterocycles. The van der Waals surface area contributed by atoms with E-state index in [1.165, 1.54) is 5.56 Å². The topological polar surface area (TPSA) is 53.1 Å². The Hall–Kier alpha value is -0.870. The fourth-order valence-electron chi connectivity index (χ4n) is 2.18. The molecular formula is C11H19N3O. The molecule has 0 radical (unpaired) electrons. The SMILES string of the molecule is Cn1cc(CC2(N)CCCOCC2)cn1. The number of aryl methyl sites for hydroxylation is 1. The fraction of sp³-hybridized carbons (Fsp3) is 0.727. The van der Waals surface area contributed by atoms with Gasteiger partial charge in [0.15, 0.2) is 0 Å². The van der Waals surface area contributed by atoms with E-state index in [0.29, 0.717) is 0 Å². The van der Waals surface area contributed by atoms with Gasteiger partial charge < -0.3 is 10.5 Å². The Kier molecular flexibility index (Phi) is 3.07. The van der Waals surface area contributed by atoms with E-state index in [2.05, 4.69) is 5.10 Å². The molecule has 1 aromatic rings. The standard InChI is InChI=1S/C11H19N3O/c1-14-9-10(8-13-14)7-11(12)3-2-5-15-6-4-11/h8-9H,2-7,12H2,1H3. The van der Waals surface area contributed by atoms with Gasteiger partial charge in [0.25, 0.3) is 0 Å². The molecule has 2 N–H and O–H groups in total. The first-order valence-corrected chi connectivity index (χ1v) is 5.52.